The molecular weight excluding hydrogens is 905 g/mol. The van der Waals surface area contributed by atoms with Crippen LogP contribution in [-0.4, -0.2) is 143 Å². The maximum atomic E-state index is 14.7. The zero-order valence-corrected chi connectivity index (χ0v) is 44.1. The maximum Gasteiger partial charge on any atom is 0.410 e. The van der Waals surface area contributed by atoms with Crippen molar-refractivity contribution < 1.29 is 43.3 Å². The fraction of sp³-hybridized carbons (Fsp3) is 0.686. The SMILES string of the molecule is CC[C@H](C)[C@@H]([C@@H](CC(=O)N1CCCC1[C@H](OC)[C@@H](C)C(=O)N[C@H](C)[C@@H](O)c1ccccc1)OC)N(C)C(=O)[C@@H](NC(=O)[C@H](C(C)C)N(C)C(=O)OC1CCC(SSc2ccccn2)CC1)C(C)C. The molecule has 1 saturated heterocycles. The van der Waals surface area contributed by atoms with Crippen molar-refractivity contribution in [3.63, 3.8) is 0 Å². The van der Waals surface area contributed by atoms with Gasteiger partial charge in [-0.15, -0.1) is 0 Å². The molecule has 10 atom stereocenters. The average molecular weight is 985 g/mol. The van der Waals surface area contributed by atoms with E-state index in [0.29, 0.717) is 30.2 Å². The van der Waals surface area contributed by atoms with Crippen LogP contribution >= 0.6 is 21.6 Å². The second-order valence-electron chi connectivity index (χ2n) is 19.4. The number of benzene rings is 1. The van der Waals surface area contributed by atoms with E-state index in [-0.39, 0.29) is 54.0 Å². The van der Waals surface area contributed by atoms with Crippen LogP contribution in [0.15, 0.2) is 59.8 Å². The molecule has 0 bridgehead atoms. The first kappa shape index (κ1) is 56.7. The van der Waals surface area contributed by atoms with Gasteiger partial charge in [0.1, 0.15) is 23.2 Å². The topological polar surface area (TPSA) is 180 Å². The minimum atomic E-state index is -0.941. The second-order valence-corrected chi connectivity index (χ2v) is 21.9. The van der Waals surface area contributed by atoms with Crippen molar-refractivity contribution in [3.8, 4) is 0 Å². The first-order chi connectivity index (χ1) is 32.3. The van der Waals surface area contributed by atoms with Crippen LogP contribution in [0.1, 0.15) is 118 Å². The van der Waals surface area contributed by atoms with Crippen molar-refractivity contribution in [2.75, 3.05) is 34.9 Å². The molecular formula is C51H80N6O9S2. The quantitative estimate of drug-likeness (QED) is 0.0883. The van der Waals surface area contributed by atoms with Crippen molar-refractivity contribution in [1.29, 1.82) is 0 Å². The molecule has 1 saturated carbocycles. The predicted molar refractivity (Wildman–Crippen MR) is 268 cm³/mol. The molecule has 0 spiro atoms. The molecule has 1 aliphatic carbocycles. The van der Waals surface area contributed by atoms with Crippen LogP contribution in [0.2, 0.25) is 0 Å². The van der Waals surface area contributed by atoms with E-state index in [4.69, 9.17) is 14.2 Å². The number of likely N-dealkylation sites (tertiary alicyclic amines) is 1. The number of aliphatic hydroxyl groups is 1. The molecule has 5 amide bonds. The molecule has 380 valence electrons. The number of carbonyl (C=O) groups excluding carboxylic acids is 5. The number of rotatable bonds is 24. The number of methoxy groups -OCH3 is 2. The number of carbonyl (C=O) groups is 5. The highest BCUT2D eigenvalue weighted by Gasteiger charge is 2.44. The van der Waals surface area contributed by atoms with Crippen LogP contribution in [0.5, 0.6) is 0 Å². The van der Waals surface area contributed by atoms with Gasteiger partial charge in [-0.25, -0.2) is 9.78 Å². The summed E-state index contributed by atoms with van der Waals surface area (Å²) in [5, 5.41) is 18.3. The van der Waals surface area contributed by atoms with Crippen LogP contribution < -0.4 is 10.6 Å². The lowest BCUT2D eigenvalue weighted by Gasteiger charge is -2.41. The van der Waals surface area contributed by atoms with Gasteiger partial charge in [-0.1, -0.05) is 102 Å². The Kier molecular flexibility index (Phi) is 22.9. The van der Waals surface area contributed by atoms with E-state index in [9.17, 15) is 29.1 Å². The number of ether oxygens (including phenoxy) is 3. The number of amides is 5. The molecule has 2 aliphatic rings. The summed E-state index contributed by atoms with van der Waals surface area (Å²) in [7, 11) is 9.81. The number of pyridine rings is 1. The smallest absolute Gasteiger partial charge is 0.410 e. The summed E-state index contributed by atoms with van der Waals surface area (Å²) < 4.78 is 18.0. The molecule has 1 aromatic heterocycles. The Morgan fingerprint density at radius 3 is 2.07 bits per heavy atom. The van der Waals surface area contributed by atoms with Crippen LogP contribution in [-0.2, 0) is 33.4 Å². The number of aromatic nitrogens is 1. The number of aliphatic hydroxyl groups excluding tert-OH is 1. The van der Waals surface area contributed by atoms with Crippen molar-refractivity contribution >= 4 is 51.3 Å². The van der Waals surface area contributed by atoms with Crippen molar-refractivity contribution in [2.45, 2.75) is 172 Å². The lowest BCUT2D eigenvalue weighted by molar-refractivity contribution is -0.148. The lowest BCUT2D eigenvalue weighted by Crippen LogP contribution is -2.60. The van der Waals surface area contributed by atoms with E-state index in [1.54, 1.807) is 79.7 Å². The standard InChI is InChI=1S/C51H80N6O9S2/c1-13-33(6)45(40(64-11)30-42(58)57-29-19-22-39(57)47(65-12)34(7)48(60)53-35(8)46(59)36-20-15-14-16-21-36)55(9)50(62)43(31(2)3)54-49(61)44(32(4)5)56(10)51(63)66-37-24-26-38(27-25-37)67-68-41-23-17-18-28-52-41/h14-18,20-21,23,28,31-35,37-40,43-47,59H,13,19,22,24-27,29-30H2,1-12H3,(H,53,60)(H,54,61)/t33-,34+,35+,37?,38?,39?,40+,43-,44-,45-,46+,47+/m0/s1. The Morgan fingerprint density at radius 2 is 1.50 bits per heavy atom. The van der Waals surface area contributed by atoms with Gasteiger partial charge in [0.15, 0.2) is 0 Å². The maximum absolute atomic E-state index is 14.7. The van der Waals surface area contributed by atoms with Crippen LogP contribution in [0.3, 0.4) is 0 Å². The summed E-state index contributed by atoms with van der Waals surface area (Å²) in [6.07, 6.45) is 4.03. The number of nitrogens with one attached hydrogen (secondary N) is 2. The first-order valence-corrected chi connectivity index (χ1v) is 26.7. The van der Waals surface area contributed by atoms with Gasteiger partial charge >= 0.3 is 6.09 Å². The molecule has 2 heterocycles. The minimum Gasteiger partial charge on any atom is -0.446 e. The molecule has 1 aromatic carbocycles. The molecule has 15 nitrogen and oxygen atoms in total. The minimum absolute atomic E-state index is 0.0252. The molecule has 2 aromatic rings. The summed E-state index contributed by atoms with van der Waals surface area (Å²) in [6.45, 7) is 15.5. The Hall–Kier alpha value is -3.90. The van der Waals surface area contributed by atoms with E-state index in [0.717, 1.165) is 37.1 Å². The van der Waals surface area contributed by atoms with E-state index in [2.05, 4.69) is 15.6 Å². The van der Waals surface area contributed by atoms with Crippen molar-refractivity contribution in [1.82, 2.24) is 30.3 Å². The fourth-order valence-corrected chi connectivity index (χ4v) is 12.2. The number of hydrogen-bond donors (Lipinski definition) is 3. The van der Waals surface area contributed by atoms with Gasteiger partial charge in [0.05, 0.1) is 48.8 Å². The zero-order valence-electron chi connectivity index (χ0n) is 42.5. The number of nitrogens with zero attached hydrogens (tertiary/aromatic N) is 4. The monoisotopic (exact) mass is 985 g/mol. The molecule has 17 heteroatoms. The molecule has 68 heavy (non-hydrogen) atoms. The van der Waals surface area contributed by atoms with Gasteiger partial charge in [0.2, 0.25) is 23.6 Å². The molecule has 2 fully saturated rings. The van der Waals surface area contributed by atoms with Crippen LogP contribution in [0, 0.1) is 23.7 Å². The Bertz CT molecular complexity index is 1890. The third kappa shape index (κ3) is 15.3. The highest BCUT2D eigenvalue weighted by Crippen LogP contribution is 2.40. The van der Waals surface area contributed by atoms with Crippen LogP contribution in [0.4, 0.5) is 4.79 Å². The predicted octanol–water partition coefficient (Wildman–Crippen LogP) is 7.53. The summed E-state index contributed by atoms with van der Waals surface area (Å²) in [4.78, 5) is 79.6. The molecule has 1 unspecified atom stereocenters. The fourth-order valence-electron chi connectivity index (χ4n) is 9.68. The van der Waals surface area contributed by atoms with Gasteiger partial charge in [0.25, 0.3) is 0 Å². The molecule has 1 aliphatic heterocycles. The van der Waals surface area contributed by atoms with Crippen molar-refractivity contribution in [3.05, 3.63) is 60.3 Å². The van der Waals surface area contributed by atoms with E-state index >= 15 is 0 Å². The van der Waals surface area contributed by atoms with E-state index in [1.165, 1.54) is 4.90 Å². The Labute approximate surface area is 413 Å². The third-order valence-corrected chi connectivity index (χ3v) is 16.7. The number of likely N-dealkylation sites (N-methyl/N-ethyl adjacent to an activating group) is 2. The van der Waals surface area contributed by atoms with Gasteiger partial charge in [-0.05, 0) is 91.7 Å². The summed E-state index contributed by atoms with van der Waals surface area (Å²) in [6, 6.07) is 11.7. The zero-order chi connectivity index (χ0) is 50.2. The molecule has 0 radical (unpaired) electrons. The first-order valence-electron chi connectivity index (χ1n) is 24.5. The van der Waals surface area contributed by atoms with Crippen molar-refractivity contribution in [2.24, 2.45) is 23.7 Å². The van der Waals surface area contributed by atoms with E-state index < -0.39 is 60.4 Å². The average Bonchev–Trinajstić information content (AvgIpc) is 3.82. The van der Waals surface area contributed by atoms with Gasteiger partial charge < -0.3 is 39.8 Å². The van der Waals surface area contributed by atoms with Crippen LogP contribution in [0.25, 0.3) is 0 Å². The van der Waals surface area contributed by atoms with Gasteiger partial charge in [-0.2, -0.15) is 0 Å². The third-order valence-electron chi connectivity index (χ3n) is 13.9. The molecule has 4 rings (SSSR count). The van der Waals surface area contributed by atoms with Gasteiger partial charge in [-0.3, -0.25) is 24.1 Å². The van der Waals surface area contributed by atoms with Gasteiger partial charge in [0, 0.05) is 46.3 Å². The normalized spacial score (nSPS) is 21.4. The summed E-state index contributed by atoms with van der Waals surface area (Å²) in [5.74, 6) is -2.59. The highest BCUT2D eigenvalue weighted by atomic mass is 33.1. The largest absolute Gasteiger partial charge is 0.446 e. The number of hydrogen-bond acceptors (Lipinski definition) is 12. The molecule has 3 N–H and O–H groups in total. The highest BCUT2D eigenvalue weighted by molar-refractivity contribution is 8.76. The Morgan fingerprint density at radius 1 is 0.838 bits per heavy atom. The second kappa shape index (κ2) is 27.5. The summed E-state index contributed by atoms with van der Waals surface area (Å²) >= 11 is 0. The lowest BCUT2D eigenvalue weighted by atomic mass is 9.89. The van der Waals surface area contributed by atoms with E-state index in [1.807, 2.05) is 90.1 Å². The summed E-state index contributed by atoms with van der Waals surface area (Å²) in [5.41, 5.74) is 0.696. The Balaban J connectivity index is 1.40.